The first-order valence-corrected chi connectivity index (χ1v) is 8.13. The summed E-state index contributed by atoms with van der Waals surface area (Å²) >= 11 is 0. The lowest BCUT2D eigenvalue weighted by atomic mass is 9.86. The fraction of sp³-hybridized carbons (Fsp3) is 0.273. The Morgan fingerprint density at radius 3 is 1.91 bits per heavy atom. The number of hydrogen-bond acceptors (Lipinski definition) is 1. The zero-order valence-corrected chi connectivity index (χ0v) is 14.6. The van der Waals surface area contributed by atoms with Gasteiger partial charge in [-0.25, -0.2) is 0 Å². The standard InChI is InChI=1S/C22H24O/c1-14-15(2)17(4)21(16(14)3)20-13-9-12-19(22(20)23-5)18-10-7-6-8-11-18/h6-13,21H,1-5H3. The lowest BCUT2D eigenvalue weighted by molar-refractivity contribution is 0.410. The molecule has 1 heteroatoms. The molecule has 0 atom stereocenters. The maximum absolute atomic E-state index is 5.87. The Kier molecular flexibility index (Phi) is 4.12. The third kappa shape index (κ3) is 2.50. The van der Waals surface area contributed by atoms with Gasteiger partial charge in [-0.2, -0.15) is 0 Å². The minimum atomic E-state index is 0.327. The van der Waals surface area contributed by atoms with Crippen LogP contribution in [0.15, 0.2) is 70.8 Å². The molecule has 1 aliphatic rings. The van der Waals surface area contributed by atoms with Gasteiger partial charge in [0.2, 0.25) is 0 Å². The van der Waals surface area contributed by atoms with Gasteiger partial charge in [-0.3, -0.25) is 0 Å². The summed E-state index contributed by atoms with van der Waals surface area (Å²) < 4.78 is 5.87. The monoisotopic (exact) mass is 304 g/mol. The van der Waals surface area contributed by atoms with E-state index in [1.165, 1.54) is 33.4 Å². The van der Waals surface area contributed by atoms with Crippen molar-refractivity contribution in [2.75, 3.05) is 7.11 Å². The Hall–Kier alpha value is -2.28. The van der Waals surface area contributed by atoms with E-state index in [0.29, 0.717) is 5.92 Å². The molecule has 0 unspecified atom stereocenters. The first kappa shape index (κ1) is 15.6. The van der Waals surface area contributed by atoms with E-state index in [1.54, 1.807) is 7.11 Å². The summed E-state index contributed by atoms with van der Waals surface area (Å²) in [6.07, 6.45) is 0. The molecule has 0 saturated heterocycles. The van der Waals surface area contributed by atoms with Crippen molar-refractivity contribution in [3.8, 4) is 16.9 Å². The van der Waals surface area contributed by atoms with Crippen LogP contribution in [0.25, 0.3) is 11.1 Å². The maximum Gasteiger partial charge on any atom is 0.130 e. The number of methoxy groups -OCH3 is 1. The minimum Gasteiger partial charge on any atom is -0.496 e. The van der Waals surface area contributed by atoms with Crippen LogP contribution >= 0.6 is 0 Å². The van der Waals surface area contributed by atoms with Gasteiger partial charge in [-0.1, -0.05) is 59.7 Å². The van der Waals surface area contributed by atoms with Crippen LogP contribution in [0.1, 0.15) is 39.2 Å². The van der Waals surface area contributed by atoms with E-state index in [0.717, 1.165) is 11.3 Å². The molecule has 0 aromatic heterocycles. The van der Waals surface area contributed by atoms with Gasteiger partial charge in [0, 0.05) is 17.0 Å². The number of ether oxygens (including phenoxy) is 1. The highest BCUT2D eigenvalue weighted by Crippen LogP contribution is 2.48. The fourth-order valence-electron chi connectivity index (χ4n) is 3.67. The van der Waals surface area contributed by atoms with E-state index in [1.807, 2.05) is 6.07 Å². The van der Waals surface area contributed by atoms with Crippen LogP contribution in [-0.2, 0) is 0 Å². The minimum absolute atomic E-state index is 0.327. The van der Waals surface area contributed by atoms with Gasteiger partial charge in [0.15, 0.2) is 0 Å². The zero-order chi connectivity index (χ0) is 16.6. The van der Waals surface area contributed by atoms with Crippen LogP contribution in [0, 0.1) is 0 Å². The summed E-state index contributed by atoms with van der Waals surface area (Å²) in [6, 6.07) is 17.0. The van der Waals surface area contributed by atoms with Crippen molar-refractivity contribution < 1.29 is 4.74 Å². The molecule has 118 valence electrons. The van der Waals surface area contributed by atoms with Crippen molar-refractivity contribution >= 4 is 0 Å². The van der Waals surface area contributed by atoms with E-state index >= 15 is 0 Å². The molecule has 3 rings (SSSR count). The predicted octanol–water partition coefficient (Wildman–Crippen LogP) is 6.13. The van der Waals surface area contributed by atoms with E-state index in [4.69, 9.17) is 4.74 Å². The van der Waals surface area contributed by atoms with Crippen molar-refractivity contribution in [2.45, 2.75) is 33.6 Å². The van der Waals surface area contributed by atoms with E-state index in [-0.39, 0.29) is 0 Å². The average molecular weight is 304 g/mol. The fourth-order valence-corrected chi connectivity index (χ4v) is 3.67. The topological polar surface area (TPSA) is 9.23 Å². The number of para-hydroxylation sites is 1. The Bertz CT molecular complexity index is 770. The highest BCUT2D eigenvalue weighted by atomic mass is 16.5. The molecule has 23 heavy (non-hydrogen) atoms. The summed E-state index contributed by atoms with van der Waals surface area (Å²) in [5.74, 6) is 1.32. The van der Waals surface area contributed by atoms with Gasteiger partial charge in [0.1, 0.15) is 5.75 Å². The summed E-state index contributed by atoms with van der Waals surface area (Å²) in [5.41, 5.74) is 9.32. The molecule has 0 bridgehead atoms. The first-order chi connectivity index (χ1) is 11.1. The molecule has 1 aliphatic carbocycles. The van der Waals surface area contributed by atoms with Crippen molar-refractivity contribution in [3.63, 3.8) is 0 Å². The number of allylic oxidation sites excluding steroid dienone is 4. The Labute approximate surface area is 139 Å². The van der Waals surface area contributed by atoms with Crippen LogP contribution in [0.4, 0.5) is 0 Å². The van der Waals surface area contributed by atoms with E-state index < -0.39 is 0 Å². The molecule has 0 aliphatic heterocycles. The summed E-state index contributed by atoms with van der Waals surface area (Å²) in [6.45, 7) is 8.94. The second kappa shape index (κ2) is 6.08. The maximum atomic E-state index is 5.87. The van der Waals surface area contributed by atoms with Gasteiger partial charge in [0.05, 0.1) is 7.11 Å². The molecule has 1 nitrogen and oxygen atoms in total. The van der Waals surface area contributed by atoms with Crippen molar-refractivity contribution in [1.82, 2.24) is 0 Å². The molecule has 0 amide bonds. The quantitative estimate of drug-likeness (QED) is 0.662. The highest BCUT2D eigenvalue weighted by Gasteiger charge is 2.28. The van der Waals surface area contributed by atoms with Gasteiger partial charge < -0.3 is 4.74 Å². The van der Waals surface area contributed by atoms with Crippen molar-refractivity contribution in [2.24, 2.45) is 0 Å². The lowest BCUT2D eigenvalue weighted by Crippen LogP contribution is -2.03. The third-order valence-corrected chi connectivity index (χ3v) is 5.26. The second-order valence-electron chi connectivity index (χ2n) is 6.34. The van der Waals surface area contributed by atoms with Crippen LogP contribution in [0.3, 0.4) is 0 Å². The predicted molar refractivity (Wildman–Crippen MR) is 97.9 cm³/mol. The SMILES string of the molecule is COc1c(-c2ccccc2)cccc1C1C(C)=C(C)C(C)=C1C. The first-order valence-electron chi connectivity index (χ1n) is 8.13. The molecule has 0 spiro atoms. The summed E-state index contributed by atoms with van der Waals surface area (Å²) in [7, 11) is 1.78. The molecular weight excluding hydrogens is 280 g/mol. The number of benzene rings is 2. The lowest BCUT2D eigenvalue weighted by Gasteiger charge is -2.21. The molecule has 2 aromatic rings. The molecule has 0 radical (unpaired) electrons. The van der Waals surface area contributed by atoms with Gasteiger partial charge in [-0.15, -0.1) is 0 Å². The van der Waals surface area contributed by atoms with E-state index in [2.05, 4.69) is 70.2 Å². The molecule has 0 N–H and O–H groups in total. The summed E-state index contributed by atoms with van der Waals surface area (Å²) in [4.78, 5) is 0. The average Bonchev–Trinajstić information content (AvgIpc) is 2.78. The molecule has 0 fully saturated rings. The van der Waals surface area contributed by atoms with Crippen LogP contribution in [0.5, 0.6) is 5.75 Å². The molecule has 2 aromatic carbocycles. The largest absolute Gasteiger partial charge is 0.496 e. The number of rotatable bonds is 3. The van der Waals surface area contributed by atoms with Crippen molar-refractivity contribution in [1.29, 1.82) is 0 Å². The van der Waals surface area contributed by atoms with Crippen molar-refractivity contribution in [3.05, 3.63) is 76.4 Å². The Balaban J connectivity index is 2.20. The normalized spacial score (nSPS) is 15.5. The smallest absolute Gasteiger partial charge is 0.130 e. The van der Waals surface area contributed by atoms with Gasteiger partial charge in [-0.05, 0) is 44.4 Å². The number of hydrogen-bond donors (Lipinski definition) is 0. The van der Waals surface area contributed by atoms with E-state index in [9.17, 15) is 0 Å². The third-order valence-electron chi connectivity index (χ3n) is 5.26. The van der Waals surface area contributed by atoms with Crippen LogP contribution < -0.4 is 4.74 Å². The Morgan fingerprint density at radius 2 is 1.35 bits per heavy atom. The van der Waals surface area contributed by atoms with Crippen LogP contribution in [-0.4, -0.2) is 7.11 Å². The molecular formula is C22H24O. The molecule has 0 heterocycles. The van der Waals surface area contributed by atoms with Crippen LogP contribution in [0.2, 0.25) is 0 Å². The highest BCUT2D eigenvalue weighted by molar-refractivity contribution is 5.74. The second-order valence-corrected chi connectivity index (χ2v) is 6.34. The van der Waals surface area contributed by atoms with Gasteiger partial charge >= 0.3 is 0 Å². The van der Waals surface area contributed by atoms with Gasteiger partial charge in [0.25, 0.3) is 0 Å². The zero-order valence-electron chi connectivity index (χ0n) is 14.6. The molecule has 0 saturated carbocycles. The Morgan fingerprint density at radius 1 is 0.739 bits per heavy atom. The summed E-state index contributed by atoms with van der Waals surface area (Å²) in [5, 5.41) is 0.